The van der Waals surface area contributed by atoms with E-state index in [2.05, 4.69) is 9.97 Å². The van der Waals surface area contributed by atoms with Gasteiger partial charge in [-0.15, -0.1) is 0 Å². The van der Waals surface area contributed by atoms with Crippen LogP contribution in [-0.4, -0.2) is 27.1 Å². The molecule has 114 valence electrons. The molecule has 1 aliphatic rings. The molecule has 2 aromatic rings. The van der Waals surface area contributed by atoms with Crippen molar-refractivity contribution < 1.29 is 18.7 Å². The third kappa shape index (κ3) is 2.88. The number of hydrogen-bond donors (Lipinski definition) is 1. The number of aromatic carboxylic acids is 1. The van der Waals surface area contributed by atoms with Crippen LogP contribution in [0, 0.1) is 11.6 Å². The number of halogens is 2. The molecular weight excluding hydrogens is 292 g/mol. The Kier molecular flexibility index (Phi) is 3.70. The van der Waals surface area contributed by atoms with Crippen LogP contribution in [0.2, 0.25) is 0 Å². The van der Waals surface area contributed by atoms with Crippen LogP contribution < -0.4 is 4.90 Å². The van der Waals surface area contributed by atoms with Crippen LogP contribution in [0.25, 0.3) is 0 Å². The van der Waals surface area contributed by atoms with Crippen LogP contribution in [0.4, 0.5) is 14.6 Å². The number of hydrogen-bond acceptors (Lipinski definition) is 4. The quantitative estimate of drug-likeness (QED) is 0.920. The van der Waals surface area contributed by atoms with Crippen molar-refractivity contribution in [3.05, 3.63) is 53.5 Å². The molecule has 1 aliphatic carbocycles. The summed E-state index contributed by atoms with van der Waals surface area (Å²) in [6, 6.07) is 3.88. The van der Waals surface area contributed by atoms with Crippen LogP contribution in [0.15, 0.2) is 30.6 Å². The lowest BCUT2D eigenvalue weighted by molar-refractivity contribution is 0.0690. The van der Waals surface area contributed by atoms with Crippen molar-refractivity contribution in [2.45, 2.75) is 25.4 Å². The summed E-state index contributed by atoms with van der Waals surface area (Å²) in [5.41, 5.74) is -0.199. The highest BCUT2D eigenvalue weighted by Crippen LogP contribution is 2.32. The highest BCUT2D eigenvalue weighted by Gasteiger charge is 2.31. The first-order valence-corrected chi connectivity index (χ1v) is 6.81. The number of carboxylic acid groups (broad SMARTS) is 1. The zero-order valence-corrected chi connectivity index (χ0v) is 11.5. The smallest absolute Gasteiger partial charge is 0.356 e. The molecule has 0 spiro atoms. The van der Waals surface area contributed by atoms with Gasteiger partial charge in [0.05, 0.1) is 18.9 Å². The van der Waals surface area contributed by atoms with Crippen molar-refractivity contribution in [1.29, 1.82) is 0 Å². The summed E-state index contributed by atoms with van der Waals surface area (Å²) in [4.78, 5) is 20.4. The Labute approximate surface area is 125 Å². The molecule has 0 amide bonds. The second-order valence-corrected chi connectivity index (χ2v) is 5.12. The molecular formula is C15H13F2N3O2. The average Bonchev–Trinajstić information content (AvgIpc) is 3.32. The number of carbonyl (C=O) groups is 1. The van der Waals surface area contributed by atoms with E-state index in [0.717, 1.165) is 19.0 Å². The summed E-state index contributed by atoms with van der Waals surface area (Å²) in [5, 5.41) is 8.83. The van der Waals surface area contributed by atoms with E-state index in [4.69, 9.17) is 5.11 Å². The van der Waals surface area contributed by atoms with E-state index in [-0.39, 0.29) is 23.8 Å². The summed E-state index contributed by atoms with van der Waals surface area (Å²) in [6.45, 7) is 0.0320. The van der Waals surface area contributed by atoms with Crippen molar-refractivity contribution in [3.63, 3.8) is 0 Å². The fraction of sp³-hybridized carbons (Fsp3) is 0.267. The van der Waals surface area contributed by atoms with Crippen molar-refractivity contribution in [3.8, 4) is 0 Å². The maximum Gasteiger partial charge on any atom is 0.356 e. The molecule has 0 saturated heterocycles. The second-order valence-electron chi connectivity index (χ2n) is 5.12. The standard InChI is InChI=1S/C15H13F2N3O2/c16-11-2-1-3-12(17)10(11)8-20(9-4-5-9)14-7-18-13(6-19-14)15(21)22/h1-3,6-7,9H,4-5,8H2,(H,21,22). The third-order valence-corrected chi connectivity index (χ3v) is 3.53. The maximum absolute atomic E-state index is 13.8. The molecule has 3 rings (SSSR count). The number of benzene rings is 1. The second kappa shape index (κ2) is 5.67. The van der Waals surface area contributed by atoms with Gasteiger partial charge in [0.25, 0.3) is 0 Å². The Morgan fingerprint density at radius 1 is 1.23 bits per heavy atom. The fourth-order valence-electron chi connectivity index (χ4n) is 2.22. The first-order chi connectivity index (χ1) is 10.6. The maximum atomic E-state index is 13.8. The summed E-state index contributed by atoms with van der Waals surface area (Å²) in [6.07, 6.45) is 4.27. The van der Waals surface area contributed by atoms with Crippen molar-refractivity contribution in [1.82, 2.24) is 9.97 Å². The molecule has 7 heteroatoms. The van der Waals surface area contributed by atoms with Crippen molar-refractivity contribution >= 4 is 11.8 Å². The Balaban J connectivity index is 1.89. The Morgan fingerprint density at radius 3 is 2.41 bits per heavy atom. The number of aromatic nitrogens is 2. The lowest BCUT2D eigenvalue weighted by Crippen LogP contribution is -2.27. The molecule has 1 saturated carbocycles. The summed E-state index contributed by atoms with van der Waals surface area (Å²) in [7, 11) is 0. The largest absolute Gasteiger partial charge is 0.476 e. The van der Waals surface area contributed by atoms with Gasteiger partial charge >= 0.3 is 5.97 Å². The first-order valence-electron chi connectivity index (χ1n) is 6.81. The van der Waals surface area contributed by atoms with E-state index in [1.54, 1.807) is 4.90 Å². The highest BCUT2D eigenvalue weighted by molar-refractivity contribution is 5.84. The molecule has 1 aromatic heterocycles. The van der Waals surface area contributed by atoms with Gasteiger partial charge in [-0.05, 0) is 25.0 Å². The number of carboxylic acids is 1. The number of nitrogens with zero attached hydrogens (tertiary/aromatic N) is 3. The van der Waals surface area contributed by atoms with Gasteiger partial charge in [-0.25, -0.2) is 23.5 Å². The van der Waals surface area contributed by atoms with E-state index in [1.807, 2.05) is 0 Å². The lowest BCUT2D eigenvalue weighted by atomic mass is 10.2. The molecule has 0 atom stereocenters. The minimum atomic E-state index is -1.17. The normalized spacial score (nSPS) is 13.9. The van der Waals surface area contributed by atoms with E-state index < -0.39 is 17.6 Å². The molecule has 1 fully saturated rings. The van der Waals surface area contributed by atoms with Gasteiger partial charge in [0, 0.05) is 11.6 Å². The van der Waals surface area contributed by atoms with Gasteiger partial charge in [0.1, 0.15) is 17.5 Å². The highest BCUT2D eigenvalue weighted by atomic mass is 19.1. The van der Waals surface area contributed by atoms with E-state index in [1.165, 1.54) is 24.4 Å². The molecule has 0 bridgehead atoms. The van der Waals surface area contributed by atoms with Gasteiger partial charge in [0.2, 0.25) is 0 Å². The van der Waals surface area contributed by atoms with E-state index >= 15 is 0 Å². The van der Waals surface area contributed by atoms with Crippen LogP contribution in [-0.2, 0) is 6.54 Å². The minimum Gasteiger partial charge on any atom is -0.476 e. The van der Waals surface area contributed by atoms with Gasteiger partial charge in [0.15, 0.2) is 5.69 Å². The topological polar surface area (TPSA) is 66.3 Å². The van der Waals surface area contributed by atoms with Crippen molar-refractivity contribution in [2.24, 2.45) is 0 Å². The molecule has 0 aliphatic heterocycles. The molecule has 1 heterocycles. The summed E-state index contributed by atoms with van der Waals surface area (Å²) in [5.74, 6) is -1.98. The fourth-order valence-corrected chi connectivity index (χ4v) is 2.22. The predicted octanol–water partition coefficient (Wildman–Crippen LogP) is 2.62. The zero-order valence-electron chi connectivity index (χ0n) is 11.5. The Morgan fingerprint density at radius 2 is 1.91 bits per heavy atom. The zero-order chi connectivity index (χ0) is 15.7. The van der Waals surface area contributed by atoms with E-state index in [0.29, 0.717) is 5.82 Å². The lowest BCUT2D eigenvalue weighted by Gasteiger charge is -2.23. The van der Waals surface area contributed by atoms with Crippen LogP contribution in [0.5, 0.6) is 0 Å². The van der Waals surface area contributed by atoms with Crippen LogP contribution >= 0.6 is 0 Å². The monoisotopic (exact) mass is 305 g/mol. The predicted molar refractivity (Wildman–Crippen MR) is 74.6 cm³/mol. The number of anilines is 1. The SMILES string of the molecule is O=C(O)c1cnc(N(Cc2c(F)cccc2F)C2CC2)cn1. The number of rotatable bonds is 5. The molecule has 5 nitrogen and oxygen atoms in total. The van der Waals surface area contributed by atoms with Gasteiger partial charge in [-0.3, -0.25) is 0 Å². The van der Waals surface area contributed by atoms with Crippen molar-refractivity contribution in [2.75, 3.05) is 4.90 Å². The molecule has 0 radical (unpaired) electrons. The molecule has 0 unspecified atom stereocenters. The van der Waals surface area contributed by atoms with Gasteiger partial charge < -0.3 is 10.0 Å². The van der Waals surface area contributed by atoms with E-state index in [9.17, 15) is 13.6 Å². The average molecular weight is 305 g/mol. The summed E-state index contributed by atoms with van der Waals surface area (Å²) >= 11 is 0. The molecule has 1 aromatic carbocycles. The Hall–Kier alpha value is -2.57. The van der Waals surface area contributed by atoms with Gasteiger partial charge in [-0.2, -0.15) is 0 Å². The molecule has 1 N–H and O–H groups in total. The third-order valence-electron chi connectivity index (χ3n) is 3.53. The van der Waals surface area contributed by atoms with Gasteiger partial charge in [-0.1, -0.05) is 6.07 Å². The first kappa shape index (κ1) is 14.4. The minimum absolute atomic E-state index is 0.0292. The molecule has 22 heavy (non-hydrogen) atoms. The van der Waals surface area contributed by atoms with Crippen LogP contribution in [0.3, 0.4) is 0 Å². The van der Waals surface area contributed by atoms with Crippen LogP contribution in [0.1, 0.15) is 28.9 Å². The Bertz CT molecular complexity index is 682. The summed E-state index contributed by atoms with van der Waals surface area (Å²) < 4.78 is 27.6.